The first-order chi connectivity index (χ1) is 12.9. The molecule has 0 saturated carbocycles. The molecule has 0 aliphatic rings. The molecule has 0 saturated heterocycles. The predicted molar refractivity (Wildman–Crippen MR) is 112 cm³/mol. The fraction of sp³-hybridized carbons (Fsp3) is 0.318. The molecule has 1 heterocycles. The maximum atomic E-state index is 11.9. The molecule has 0 fully saturated rings. The summed E-state index contributed by atoms with van der Waals surface area (Å²) < 4.78 is 5.33. The van der Waals surface area contributed by atoms with Crippen LogP contribution in [-0.4, -0.2) is 31.6 Å². The second-order valence-electron chi connectivity index (χ2n) is 7.13. The average Bonchev–Trinajstić information content (AvgIpc) is 2.63. The molecule has 142 valence electrons. The zero-order valence-electron chi connectivity index (χ0n) is 16.0. The Labute approximate surface area is 164 Å². The van der Waals surface area contributed by atoms with Crippen LogP contribution in [0.2, 0.25) is 5.02 Å². The molecule has 5 heteroatoms. The first-order valence-electron chi connectivity index (χ1n) is 9.08. The van der Waals surface area contributed by atoms with Gasteiger partial charge in [0.15, 0.2) is 0 Å². The molecule has 0 unspecified atom stereocenters. The van der Waals surface area contributed by atoms with E-state index in [2.05, 4.69) is 48.6 Å². The van der Waals surface area contributed by atoms with E-state index < -0.39 is 0 Å². The lowest BCUT2D eigenvalue weighted by Crippen LogP contribution is -2.39. The number of likely N-dealkylation sites (N-methyl/N-ethyl adjacent to an activating group) is 1. The van der Waals surface area contributed by atoms with Gasteiger partial charge in [-0.1, -0.05) is 41.9 Å². The zero-order chi connectivity index (χ0) is 19.4. The van der Waals surface area contributed by atoms with Crippen molar-refractivity contribution in [3.05, 3.63) is 80.7 Å². The molecule has 27 heavy (non-hydrogen) atoms. The van der Waals surface area contributed by atoms with Crippen molar-refractivity contribution >= 4 is 22.6 Å². The summed E-state index contributed by atoms with van der Waals surface area (Å²) in [6.45, 7) is 3.29. The molecular weight excluding hydrogens is 360 g/mol. The maximum Gasteiger partial charge on any atom is 0.336 e. The monoisotopic (exact) mass is 384 g/mol. The number of nitrogens with one attached hydrogen (secondary N) is 1. The average molecular weight is 385 g/mol. The van der Waals surface area contributed by atoms with Crippen molar-refractivity contribution in [1.82, 2.24) is 10.2 Å². The van der Waals surface area contributed by atoms with E-state index in [1.54, 1.807) is 6.07 Å². The van der Waals surface area contributed by atoms with E-state index >= 15 is 0 Å². The largest absolute Gasteiger partial charge is 0.423 e. The molecule has 1 aromatic heterocycles. The predicted octanol–water partition coefficient (Wildman–Crippen LogP) is 4.02. The number of nitrogens with zero attached hydrogens (tertiary/aromatic N) is 1. The highest BCUT2D eigenvalue weighted by atomic mass is 35.5. The van der Waals surface area contributed by atoms with Gasteiger partial charge >= 0.3 is 5.63 Å². The number of hydrogen-bond acceptors (Lipinski definition) is 4. The zero-order valence-corrected chi connectivity index (χ0v) is 16.7. The summed E-state index contributed by atoms with van der Waals surface area (Å²) >= 11 is 6.27. The summed E-state index contributed by atoms with van der Waals surface area (Å²) in [6.07, 6.45) is 0.962. The molecule has 4 nitrogen and oxygen atoms in total. The van der Waals surface area contributed by atoms with Gasteiger partial charge in [0.05, 0.1) is 0 Å². The highest BCUT2D eigenvalue weighted by Crippen LogP contribution is 2.25. The van der Waals surface area contributed by atoms with Gasteiger partial charge < -0.3 is 14.6 Å². The summed E-state index contributed by atoms with van der Waals surface area (Å²) in [5, 5.41) is 5.04. The lowest BCUT2D eigenvalue weighted by atomic mass is 10.0. The lowest BCUT2D eigenvalue weighted by Gasteiger charge is -2.25. The van der Waals surface area contributed by atoms with Gasteiger partial charge in [0.1, 0.15) is 5.58 Å². The van der Waals surface area contributed by atoms with Crippen molar-refractivity contribution in [3.8, 4) is 0 Å². The van der Waals surface area contributed by atoms with Crippen LogP contribution in [0.25, 0.3) is 11.0 Å². The third kappa shape index (κ3) is 4.98. The summed E-state index contributed by atoms with van der Waals surface area (Å²) in [7, 11) is 4.18. The molecule has 2 aromatic carbocycles. The van der Waals surface area contributed by atoms with Crippen molar-refractivity contribution in [3.63, 3.8) is 0 Å². The van der Waals surface area contributed by atoms with Gasteiger partial charge in [0, 0.05) is 35.6 Å². The Morgan fingerprint density at radius 2 is 1.89 bits per heavy atom. The van der Waals surface area contributed by atoms with Crippen molar-refractivity contribution in [2.75, 3.05) is 20.6 Å². The van der Waals surface area contributed by atoms with Gasteiger partial charge in [-0.25, -0.2) is 4.79 Å². The number of rotatable bonds is 7. The Bertz CT molecular complexity index is 967. The first-order valence-corrected chi connectivity index (χ1v) is 9.46. The molecule has 0 aliphatic carbocycles. The van der Waals surface area contributed by atoms with E-state index in [1.165, 1.54) is 5.56 Å². The number of halogens is 1. The van der Waals surface area contributed by atoms with E-state index in [4.69, 9.17) is 16.0 Å². The standard InChI is InChI=1S/C22H25ClN2O2/c1-15-9-21-19(12-20(15)23)17(11-22(26)27-21)13-24-14-18(25(2)3)10-16-7-5-4-6-8-16/h4-9,11-12,18,24H,10,13-14H2,1-3H3/t18-/m1/s1. The molecule has 1 N–H and O–H groups in total. The Balaban J connectivity index is 1.73. The van der Waals surface area contributed by atoms with Gasteiger partial charge in [-0.3, -0.25) is 0 Å². The highest BCUT2D eigenvalue weighted by Gasteiger charge is 2.13. The number of hydrogen-bond donors (Lipinski definition) is 1. The summed E-state index contributed by atoms with van der Waals surface area (Å²) in [6, 6.07) is 16.1. The van der Waals surface area contributed by atoms with Crippen molar-refractivity contribution in [2.45, 2.75) is 25.9 Å². The van der Waals surface area contributed by atoms with Crippen LogP contribution in [0.1, 0.15) is 16.7 Å². The molecule has 3 aromatic rings. The fourth-order valence-corrected chi connectivity index (χ4v) is 3.36. The van der Waals surface area contributed by atoms with Crippen LogP contribution >= 0.6 is 11.6 Å². The molecule has 0 aliphatic heterocycles. The second-order valence-corrected chi connectivity index (χ2v) is 7.53. The molecule has 0 amide bonds. The van der Waals surface area contributed by atoms with Crippen molar-refractivity contribution in [2.24, 2.45) is 0 Å². The molecule has 0 radical (unpaired) electrons. The minimum absolute atomic E-state index is 0.338. The highest BCUT2D eigenvalue weighted by molar-refractivity contribution is 6.32. The van der Waals surface area contributed by atoms with Gasteiger partial charge in [-0.2, -0.15) is 0 Å². The SMILES string of the molecule is Cc1cc2oc(=O)cc(CNC[C@@H](Cc3ccccc3)N(C)C)c2cc1Cl. The number of benzene rings is 2. The minimum Gasteiger partial charge on any atom is -0.423 e. The van der Waals surface area contributed by atoms with Crippen LogP contribution < -0.4 is 10.9 Å². The number of fused-ring (bicyclic) bond motifs is 1. The van der Waals surface area contributed by atoms with E-state index in [0.29, 0.717) is 23.2 Å². The maximum absolute atomic E-state index is 11.9. The van der Waals surface area contributed by atoms with Gasteiger partial charge in [-0.05, 0) is 56.3 Å². The third-order valence-electron chi connectivity index (χ3n) is 4.85. The Kier molecular flexibility index (Phi) is 6.32. The van der Waals surface area contributed by atoms with Crippen LogP contribution in [0.5, 0.6) is 0 Å². The quantitative estimate of drug-likeness (QED) is 0.625. The van der Waals surface area contributed by atoms with Crippen LogP contribution in [0.15, 0.2) is 57.7 Å². The van der Waals surface area contributed by atoms with Gasteiger partial charge in [0.25, 0.3) is 0 Å². The van der Waals surface area contributed by atoms with Gasteiger partial charge in [0.2, 0.25) is 0 Å². The topological polar surface area (TPSA) is 45.5 Å². The minimum atomic E-state index is -0.338. The van der Waals surface area contributed by atoms with E-state index in [9.17, 15) is 4.79 Å². The van der Waals surface area contributed by atoms with Crippen LogP contribution in [0.3, 0.4) is 0 Å². The molecule has 1 atom stereocenters. The normalized spacial score (nSPS) is 12.6. The third-order valence-corrected chi connectivity index (χ3v) is 5.26. The lowest BCUT2D eigenvalue weighted by molar-refractivity contribution is 0.281. The fourth-order valence-electron chi connectivity index (χ4n) is 3.19. The summed E-state index contributed by atoms with van der Waals surface area (Å²) in [5.41, 5.74) is 3.35. The van der Waals surface area contributed by atoms with E-state index in [1.807, 2.05) is 25.1 Å². The summed E-state index contributed by atoms with van der Waals surface area (Å²) in [4.78, 5) is 14.1. The second kappa shape index (κ2) is 8.70. The molecule has 3 rings (SSSR count). The van der Waals surface area contributed by atoms with Crippen LogP contribution in [0.4, 0.5) is 0 Å². The Morgan fingerprint density at radius 1 is 1.15 bits per heavy atom. The van der Waals surface area contributed by atoms with E-state index in [-0.39, 0.29) is 5.63 Å². The van der Waals surface area contributed by atoms with Crippen molar-refractivity contribution < 1.29 is 4.42 Å². The Hall–Kier alpha value is -2.14. The van der Waals surface area contributed by atoms with Crippen LogP contribution in [0, 0.1) is 6.92 Å². The smallest absolute Gasteiger partial charge is 0.336 e. The van der Waals surface area contributed by atoms with Gasteiger partial charge in [-0.15, -0.1) is 0 Å². The number of aryl methyl sites for hydroxylation is 1. The van der Waals surface area contributed by atoms with E-state index in [0.717, 1.165) is 29.5 Å². The molecule has 0 bridgehead atoms. The Morgan fingerprint density at radius 3 is 2.59 bits per heavy atom. The first kappa shape index (κ1) is 19.6. The summed E-state index contributed by atoms with van der Waals surface area (Å²) in [5.74, 6) is 0. The molecule has 0 spiro atoms. The van der Waals surface area contributed by atoms with Crippen molar-refractivity contribution in [1.29, 1.82) is 0 Å². The van der Waals surface area contributed by atoms with Crippen LogP contribution in [-0.2, 0) is 13.0 Å². The molecular formula is C22H25ClN2O2.